The third-order valence-corrected chi connectivity index (χ3v) is 3.04. The number of benzene rings is 1. The number of fused-ring (bicyclic) bond motifs is 1. The molecule has 1 aliphatic rings. The molecule has 1 unspecified atom stereocenters. The highest BCUT2D eigenvalue weighted by Gasteiger charge is 2.19. The number of nitrogens with zero attached hydrogens (tertiary/aromatic N) is 1. The molecule has 0 saturated carbocycles. The van der Waals surface area contributed by atoms with Crippen molar-refractivity contribution in [3.8, 4) is 0 Å². The molecular formula is C12H18N2O2. The Morgan fingerprint density at radius 1 is 1.44 bits per heavy atom. The molecule has 88 valence electrons. The summed E-state index contributed by atoms with van der Waals surface area (Å²) in [4.78, 5) is 2.23. The van der Waals surface area contributed by atoms with Crippen molar-refractivity contribution >= 4 is 11.4 Å². The van der Waals surface area contributed by atoms with Crippen molar-refractivity contribution in [3.63, 3.8) is 0 Å². The summed E-state index contributed by atoms with van der Waals surface area (Å²) in [5.41, 5.74) is 9.01. The van der Waals surface area contributed by atoms with Gasteiger partial charge in [-0.2, -0.15) is 0 Å². The quantitative estimate of drug-likeness (QED) is 0.644. The van der Waals surface area contributed by atoms with E-state index >= 15 is 0 Å². The van der Waals surface area contributed by atoms with E-state index in [2.05, 4.69) is 4.90 Å². The standard InChI is InChI=1S/C12H18N2O2/c13-10-1-2-12-9(7-10)3-5-14(12)6-4-11(16)8-15/h1-2,7,11,15-16H,3-6,8,13H2. The third-order valence-electron chi connectivity index (χ3n) is 3.04. The topological polar surface area (TPSA) is 69.7 Å². The Balaban J connectivity index is 2.01. The number of nitrogens with two attached hydrogens (primary N) is 1. The van der Waals surface area contributed by atoms with E-state index in [1.807, 2.05) is 18.2 Å². The molecule has 16 heavy (non-hydrogen) atoms. The molecule has 1 heterocycles. The molecule has 0 bridgehead atoms. The largest absolute Gasteiger partial charge is 0.399 e. The van der Waals surface area contributed by atoms with Crippen LogP contribution in [0.2, 0.25) is 0 Å². The first-order valence-electron chi connectivity index (χ1n) is 5.63. The van der Waals surface area contributed by atoms with Gasteiger partial charge in [-0.1, -0.05) is 0 Å². The van der Waals surface area contributed by atoms with Crippen LogP contribution in [0.5, 0.6) is 0 Å². The Labute approximate surface area is 95.3 Å². The summed E-state index contributed by atoms with van der Waals surface area (Å²) in [6, 6.07) is 5.94. The minimum atomic E-state index is -0.613. The van der Waals surface area contributed by atoms with Gasteiger partial charge >= 0.3 is 0 Å². The summed E-state index contributed by atoms with van der Waals surface area (Å²) in [5, 5.41) is 18.1. The monoisotopic (exact) mass is 222 g/mol. The van der Waals surface area contributed by atoms with Gasteiger partial charge in [0.2, 0.25) is 0 Å². The van der Waals surface area contributed by atoms with E-state index in [0.29, 0.717) is 6.42 Å². The van der Waals surface area contributed by atoms with Gasteiger partial charge in [-0.25, -0.2) is 0 Å². The van der Waals surface area contributed by atoms with E-state index in [4.69, 9.17) is 10.8 Å². The SMILES string of the molecule is Nc1ccc2c(c1)CCN2CCC(O)CO. The lowest BCUT2D eigenvalue weighted by molar-refractivity contribution is 0.0898. The zero-order valence-corrected chi connectivity index (χ0v) is 9.26. The van der Waals surface area contributed by atoms with Crippen LogP contribution < -0.4 is 10.6 Å². The minimum Gasteiger partial charge on any atom is -0.399 e. The lowest BCUT2D eigenvalue weighted by Gasteiger charge is -2.20. The van der Waals surface area contributed by atoms with Gasteiger partial charge in [0.15, 0.2) is 0 Å². The Hall–Kier alpha value is -1.26. The van der Waals surface area contributed by atoms with Crippen LogP contribution in [0.25, 0.3) is 0 Å². The fraction of sp³-hybridized carbons (Fsp3) is 0.500. The third kappa shape index (κ3) is 2.28. The smallest absolute Gasteiger partial charge is 0.0787 e. The molecule has 0 radical (unpaired) electrons. The maximum atomic E-state index is 9.31. The van der Waals surface area contributed by atoms with Crippen molar-refractivity contribution < 1.29 is 10.2 Å². The summed E-state index contributed by atoms with van der Waals surface area (Å²) in [6.07, 6.45) is 0.994. The van der Waals surface area contributed by atoms with Gasteiger partial charge in [0.05, 0.1) is 12.7 Å². The first-order valence-corrected chi connectivity index (χ1v) is 5.63. The van der Waals surface area contributed by atoms with Gasteiger partial charge in [0, 0.05) is 24.5 Å². The number of aliphatic hydroxyl groups excluding tert-OH is 2. The summed E-state index contributed by atoms with van der Waals surface area (Å²) in [6.45, 7) is 1.58. The summed E-state index contributed by atoms with van der Waals surface area (Å²) in [5.74, 6) is 0. The average Bonchev–Trinajstić information content (AvgIpc) is 2.68. The van der Waals surface area contributed by atoms with Gasteiger partial charge < -0.3 is 20.8 Å². The normalized spacial score (nSPS) is 16.2. The van der Waals surface area contributed by atoms with E-state index in [1.165, 1.54) is 11.3 Å². The first kappa shape index (κ1) is 11.2. The summed E-state index contributed by atoms with van der Waals surface area (Å²) in [7, 11) is 0. The molecule has 4 nitrogen and oxygen atoms in total. The number of rotatable bonds is 4. The fourth-order valence-corrected chi connectivity index (χ4v) is 2.12. The van der Waals surface area contributed by atoms with Crippen LogP contribution in [0, 0.1) is 0 Å². The van der Waals surface area contributed by atoms with E-state index in [-0.39, 0.29) is 6.61 Å². The molecule has 1 aliphatic heterocycles. The van der Waals surface area contributed by atoms with Gasteiger partial charge in [-0.15, -0.1) is 0 Å². The summed E-state index contributed by atoms with van der Waals surface area (Å²) >= 11 is 0. The average molecular weight is 222 g/mol. The van der Waals surface area contributed by atoms with Crippen LogP contribution in [-0.2, 0) is 6.42 Å². The lowest BCUT2D eigenvalue weighted by Crippen LogP contribution is -2.26. The second-order valence-electron chi connectivity index (χ2n) is 4.25. The Kier molecular flexibility index (Phi) is 3.31. The number of nitrogen functional groups attached to an aromatic ring is 1. The number of anilines is 2. The van der Waals surface area contributed by atoms with Crippen molar-refractivity contribution in [1.29, 1.82) is 0 Å². The van der Waals surface area contributed by atoms with Crippen LogP contribution >= 0.6 is 0 Å². The predicted molar refractivity (Wildman–Crippen MR) is 64.5 cm³/mol. The zero-order valence-electron chi connectivity index (χ0n) is 9.26. The second kappa shape index (κ2) is 4.72. The van der Waals surface area contributed by atoms with Crippen molar-refractivity contribution in [2.24, 2.45) is 0 Å². The highest BCUT2D eigenvalue weighted by molar-refractivity contribution is 5.62. The number of aliphatic hydroxyl groups is 2. The highest BCUT2D eigenvalue weighted by atomic mass is 16.3. The maximum absolute atomic E-state index is 9.31. The Morgan fingerprint density at radius 2 is 2.25 bits per heavy atom. The van der Waals surface area contributed by atoms with Gasteiger partial charge in [-0.05, 0) is 36.6 Å². The molecular weight excluding hydrogens is 204 g/mol. The van der Waals surface area contributed by atoms with Crippen LogP contribution in [0.4, 0.5) is 11.4 Å². The van der Waals surface area contributed by atoms with Crippen molar-refractivity contribution in [2.75, 3.05) is 30.3 Å². The predicted octanol–water partition coefficient (Wildman–Crippen LogP) is 0.375. The van der Waals surface area contributed by atoms with Crippen LogP contribution in [0.15, 0.2) is 18.2 Å². The molecule has 1 aromatic carbocycles. The van der Waals surface area contributed by atoms with Gasteiger partial charge in [-0.3, -0.25) is 0 Å². The lowest BCUT2D eigenvalue weighted by atomic mass is 10.1. The first-order chi connectivity index (χ1) is 7.70. The molecule has 1 atom stereocenters. The minimum absolute atomic E-state index is 0.164. The van der Waals surface area contributed by atoms with Crippen molar-refractivity contribution in [1.82, 2.24) is 0 Å². The molecule has 0 saturated heterocycles. The maximum Gasteiger partial charge on any atom is 0.0787 e. The number of hydrogen-bond acceptors (Lipinski definition) is 4. The number of hydrogen-bond donors (Lipinski definition) is 3. The van der Waals surface area contributed by atoms with Crippen LogP contribution in [0.1, 0.15) is 12.0 Å². The van der Waals surface area contributed by atoms with Gasteiger partial charge in [0.25, 0.3) is 0 Å². The Morgan fingerprint density at radius 3 is 3.00 bits per heavy atom. The Bertz CT molecular complexity index is 368. The molecule has 0 spiro atoms. The van der Waals surface area contributed by atoms with E-state index in [9.17, 15) is 5.11 Å². The molecule has 4 heteroatoms. The molecule has 2 rings (SSSR count). The molecule has 4 N–H and O–H groups in total. The molecule has 0 aromatic heterocycles. The van der Waals surface area contributed by atoms with E-state index < -0.39 is 6.10 Å². The van der Waals surface area contributed by atoms with Crippen LogP contribution in [-0.4, -0.2) is 36.0 Å². The van der Waals surface area contributed by atoms with Crippen molar-refractivity contribution in [2.45, 2.75) is 18.9 Å². The molecule has 0 amide bonds. The second-order valence-corrected chi connectivity index (χ2v) is 4.25. The van der Waals surface area contributed by atoms with Gasteiger partial charge in [0.1, 0.15) is 0 Å². The highest BCUT2D eigenvalue weighted by Crippen LogP contribution is 2.29. The van der Waals surface area contributed by atoms with Crippen molar-refractivity contribution in [3.05, 3.63) is 23.8 Å². The molecule has 1 aromatic rings. The van der Waals surface area contributed by atoms with E-state index in [0.717, 1.165) is 25.2 Å². The molecule has 0 fully saturated rings. The zero-order chi connectivity index (χ0) is 11.5. The fourth-order valence-electron chi connectivity index (χ4n) is 2.12. The molecule has 0 aliphatic carbocycles. The van der Waals surface area contributed by atoms with E-state index in [1.54, 1.807) is 0 Å². The summed E-state index contributed by atoms with van der Waals surface area (Å²) < 4.78 is 0. The van der Waals surface area contributed by atoms with Crippen LogP contribution in [0.3, 0.4) is 0 Å².